The van der Waals surface area contributed by atoms with Crippen molar-refractivity contribution in [2.45, 2.75) is 38.1 Å². The SMILES string of the molecule is O=C1Nc2cc(F)ccc2OC(C2CC2)C1N(Cc1ccccc1)Cc1ccccc1. The maximum absolute atomic E-state index is 13.8. The van der Waals surface area contributed by atoms with Gasteiger partial charge in [0.05, 0.1) is 5.69 Å². The van der Waals surface area contributed by atoms with Crippen LogP contribution < -0.4 is 10.1 Å². The molecule has 4 nitrogen and oxygen atoms in total. The average Bonchev–Trinajstić information content (AvgIpc) is 3.62. The van der Waals surface area contributed by atoms with Crippen molar-refractivity contribution in [1.82, 2.24) is 4.90 Å². The molecule has 0 spiro atoms. The van der Waals surface area contributed by atoms with E-state index in [2.05, 4.69) is 34.5 Å². The first-order chi connectivity index (χ1) is 15.2. The van der Waals surface area contributed by atoms with Gasteiger partial charge >= 0.3 is 0 Å². The van der Waals surface area contributed by atoms with Gasteiger partial charge in [0.15, 0.2) is 0 Å². The van der Waals surface area contributed by atoms with Crippen molar-refractivity contribution in [3.05, 3.63) is 95.8 Å². The van der Waals surface area contributed by atoms with Gasteiger partial charge in [-0.05, 0) is 42.0 Å². The van der Waals surface area contributed by atoms with Crippen molar-refractivity contribution in [3.63, 3.8) is 0 Å². The van der Waals surface area contributed by atoms with Gasteiger partial charge in [-0.25, -0.2) is 4.39 Å². The quantitative estimate of drug-likeness (QED) is 0.614. The molecule has 0 aromatic heterocycles. The Kier molecular flexibility index (Phi) is 5.43. The largest absolute Gasteiger partial charge is 0.486 e. The van der Waals surface area contributed by atoms with Crippen LogP contribution in [0.3, 0.4) is 0 Å². The fraction of sp³-hybridized carbons (Fsp3) is 0.269. The van der Waals surface area contributed by atoms with Crippen LogP contribution in [0, 0.1) is 11.7 Å². The van der Waals surface area contributed by atoms with Gasteiger partial charge in [-0.2, -0.15) is 0 Å². The second-order valence-electron chi connectivity index (χ2n) is 8.37. The zero-order chi connectivity index (χ0) is 21.2. The monoisotopic (exact) mass is 416 g/mol. The van der Waals surface area contributed by atoms with E-state index in [0.717, 1.165) is 24.0 Å². The minimum atomic E-state index is -0.483. The van der Waals surface area contributed by atoms with Crippen LogP contribution in [-0.2, 0) is 17.9 Å². The van der Waals surface area contributed by atoms with E-state index in [1.807, 2.05) is 36.4 Å². The number of ether oxygens (including phenoxy) is 1. The number of hydrogen-bond acceptors (Lipinski definition) is 3. The lowest BCUT2D eigenvalue weighted by molar-refractivity contribution is -0.125. The summed E-state index contributed by atoms with van der Waals surface area (Å²) in [6, 6.07) is 24.2. The van der Waals surface area contributed by atoms with Crippen molar-refractivity contribution in [2.75, 3.05) is 5.32 Å². The van der Waals surface area contributed by atoms with Crippen LogP contribution in [0.25, 0.3) is 0 Å². The predicted octanol–water partition coefficient (Wildman–Crippen LogP) is 5.01. The molecule has 31 heavy (non-hydrogen) atoms. The average molecular weight is 416 g/mol. The number of hydrogen-bond donors (Lipinski definition) is 1. The standard InChI is InChI=1S/C26H25FN2O2/c27-21-13-14-23-22(15-21)28-26(30)24(25(31-23)20-11-12-20)29(16-18-7-3-1-4-8-18)17-19-9-5-2-6-10-19/h1-10,13-15,20,24-25H,11-12,16-17H2,(H,28,30). The third-order valence-corrected chi connectivity index (χ3v) is 5.98. The lowest BCUT2D eigenvalue weighted by Gasteiger charge is -2.34. The molecule has 0 saturated heterocycles. The van der Waals surface area contributed by atoms with Crippen molar-refractivity contribution in [3.8, 4) is 5.75 Å². The number of fused-ring (bicyclic) bond motifs is 1. The van der Waals surface area contributed by atoms with E-state index >= 15 is 0 Å². The van der Waals surface area contributed by atoms with Crippen molar-refractivity contribution in [1.29, 1.82) is 0 Å². The van der Waals surface area contributed by atoms with E-state index < -0.39 is 11.9 Å². The molecular weight excluding hydrogens is 391 g/mol. The van der Waals surface area contributed by atoms with Gasteiger partial charge in [-0.1, -0.05) is 60.7 Å². The Morgan fingerprint density at radius 2 is 1.52 bits per heavy atom. The zero-order valence-corrected chi connectivity index (χ0v) is 17.2. The minimum absolute atomic E-state index is 0.145. The minimum Gasteiger partial charge on any atom is -0.486 e. The van der Waals surface area contributed by atoms with Crippen LogP contribution in [0.5, 0.6) is 5.75 Å². The summed E-state index contributed by atoms with van der Waals surface area (Å²) in [5, 5.41) is 2.93. The number of rotatable bonds is 6. The van der Waals surface area contributed by atoms with Crippen molar-refractivity contribution >= 4 is 11.6 Å². The molecule has 2 unspecified atom stereocenters. The smallest absolute Gasteiger partial charge is 0.245 e. The first-order valence-electron chi connectivity index (χ1n) is 10.8. The Balaban J connectivity index is 1.51. The molecule has 2 aliphatic rings. The summed E-state index contributed by atoms with van der Waals surface area (Å²) in [5.74, 6) is 0.317. The molecule has 2 atom stereocenters. The van der Waals surface area contributed by atoms with Crippen LogP contribution in [0.2, 0.25) is 0 Å². The van der Waals surface area contributed by atoms with E-state index in [1.54, 1.807) is 6.07 Å². The maximum atomic E-state index is 13.8. The van der Waals surface area contributed by atoms with Gasteiger partial charge in [0.25, 0.3) is 0 Å². The third kappa shape index (κ3) is 4.47. The van der Waals surface area contributed by atoms with E-state index in [1.165, 1.54) is 12.1 Å². The highest BCUT2D eigenvalue weighted by Crippen LogP contribution is 2.41. The van der Waals surface area contributed by atoms with Crippen LogP contribution in [-0.4, -0.2) is 23.0 Å². The highest BCUT2D eigenvalue weighted by molar-refractivity contribution is 5.97. The number of amides is 1. The summed E-state index contributed by atoms with van der Waals surface area (Å²) in [6.07, 6.45) is 1.80. The van der Waals surface area contributed by atoms with Crippen LogP contribution in [0.1, 0.15) is 24.0 Å². The van der Waals surface area contributed by atoms with Gasteiger partial charge in [0, 0.05) is 19.2 Å². The Morgan fingerprint density at radius 1 is 0.903 bits per heavy atom. The Labute approximate surface area is 181 Å². The molecule has 5 rings (SSSR count). The highest BCUT2D eigenvalue weighted by atomic mass is 19.1. The molecule has 1 aliphatic heterocycles. The van der Waals surface area contributed by atoms with Gasteiger partial charge in [-0.15, -0.1) is 0 Å². The summed E-state index contributed by atoms with van der Waals surface area (Å²) in [5.41, 5.74) is 2.67. The molecule has 0 radical (unpaired) electrons. The fourth-order valence-corrected chi connectivity index (χ4v) is 4.31. The summed E-state index contributed by atoms with van der Waals surface area (Å²) in [7, 11) is 0. The van der Waals surface area contributed by atoms with Crippen LogP contribution in [0.15, 0.2) is 78.9 Å². The molecule has 1 amide bonds. The molecule has 3 aromatic rings. The predicted molar refractivity (Wildman–Crippen MR) is 118 cm³/mol. The number of halogens is 1. The lowest BCUT2D eigenvalue weighted by atomic mass is 10.0. The Bertz CT molecular complexity index is 1010. The number of carbonyl (C=O) groups excluding carboxylic acids is 1. The molecule has 1 fully saturated rings. The first-order valence-corrected chi connectivity index (χ1v) is 10.8. The second kappa shape index (κ2) is 8.52. The third-order valence-electron chi connectivity index (χ3n) is 5.98. The van der Waals surface area contributed by atoms with Gasteiger partial charge < -0.3 is 10.1 Å². The summed E-state index contributed by atoms with van der Waals surface area (Å²) in [6.45, 7) is 1.23. The number of nitrogens with one attached hydrogen (secondary N) is 1. The molecule has 1 N–H and O–H groups in total. The van der Waals surface area contributed by atoms with E-state index in [9.17, 15) is 9.18 Å². The summed E-state index contributed by atoms with van der Waals surface area (Å²) >= 11 is 0. The van der Waals surface area contributed by atoms with E-state index in [-0.39, 0.29) is 12.0 Å². The number of anilines is 1. The Morgan fingerprint density at radius 3 is 2.10 bits per heavy atom. The first kappa shape index (κ1) is 19.8. The summed E-state index contributed by atoms with van der Waals surface area (Å²) < 4.78 is 20.2. The molecule has 1 heterocycles. The fourth-order valence-electron chi connectivity index (χ4n) is 4.31. The Hall–Kier alpha value is -3.18. The normalized spacial score (nSPS) is 20.5. The zero-order valence-electron chi connectivity index (χ0n) is 17.2. The van der Waals surface area contributed by atoms with Crippen LogP contribution in [0.4, 0.5) is 10.1 Å². The van der Waals surface area contributed by atoms with Crippen molar-refractivity contribution in [2.24, 2.45) is 5.92 Å². The lowest BCUT2D eigenvalue weighted by Crippen LogP contribution is -2.52. The van der Waals surface area contributed by atoms with Gasteiger partial charge in [0.1, 0.15) is 23.7 Å². The number of benzene rings is 3. The van der Waals surface area contributed by atoms with Gasteiger partial charge in [-0.3, -0.25) is 9.69 Å². The van der Waals surface area contributed by atoms with Gasteiger partial charge in [0.2, 0.25) is 5.91 Å². The molecule has 3 aromatic carbocycles. The number of nitrogens with zero attached hydrogens (tertiary/aromatic N) is 1. The number of carbonyl (C=O) groups is 1. The molecule has 5 heteroatoms. The second-order valence-corrected chi connectivity index (χ2v) is 8.37. The molecule has 1 aliphatic carbocycles. The summed E-state index contributed by atoms with van der Waals surface area (Å²) in [4.78, 5) is 15.7. The highest BCUT2D eigenvalue weighted by Gasteiger charge is 2.46. The van der Waals surface area contributed by atoms with Crippen LogP contribution >= 0.6 is 0 Å². The molecule has 0 bridgehead atoms. The topological polar surface area (TPSA) is 41.6 Å². The maximum Gasteiger partial charge on any atom is 0.245 e. The van der Waals surface area contributed by atoms with E-state index in [0.29, 0.717) is 30.4 Å². The molecule has 158 valence electrons. The van der Waals surface area contributed by atoms with Crippen molar-refractivity contribution < 1.29 is 13.9 Å². The molecule has 1 saturated carbocycles. The van der Waals surface area contributed by atoms with E-state index in [4.69, 9.17) is 4.74 Å². The molecular formula is C26H25FN2O2.